The Morgan fingerprint density at radius 3 is 2.69 bits per heavy atom. The van der Waals surface area contributed by atoms with Crippen LogP contribution in [0.25, 0.3) is 6.08 Å². The Kier molecular flexibility index (Phi) is 7.06. The lowest BCUT2D eigenvalue weighted by molar-refractivity contribution is 0.129. The molecule has 29 heavy (non-hydrogen) atoms. The molecule has 0 amide bonds. The monoisotopic (exact) mass is 412 g/mol. The highest BCUT2D eigenvalue weighted by atomic mass is 32.2. The van der Waals surface area contributed by atoms with Crippen molar-refractivity contribution in [1.29, 1.82) is 0 Å². The Morgan fingerprint density at radius 2 is 1.97 bits per heavy atom. The number of hydrogen-bond donors (Lipinski definition) is 0. The van der Waals surface area contributed by atoms with Gasteiger partial charge in [-0.3, -0.25) is 4.90 Å². The summed E-state index contributed by atoms with van der Waals surface area (Å²) in [6.07, 6.45) is 7.35. The average molecular weight is 413 g/mol. The molecule has 3 heterocycles. The molecule has 6 heteroatoms. The maximum Gasteiger partial charge on any atom is 0.191 e. The Morgan fingerprint density at radius 1 is 1.17 bits per heavy atom. The summed E-state index contributed by atoms with van der Waals surface area (Å²) in [7, 11) is 2.12. The van der Waals surface area contributed by atoms with E-state index in [1.165, 1.54) is 24.0 Å². The lowest BCUT2D eigenvalue weighted by Crippen LogP contribution is -2.34. The van der Waals surface area contributed by atoms with Crippen molar-refractivity contribution in [3.05, 3.63) is 47.3 Å². The quantitative estimate of drug-likeness (QED) is 0.632. The van der Waals surface area contributed by atoms with Gasteiger partial charge in [0.15, 0.2) is 5.16 Å². The van der Waals surface area contributed by atoms with Crippen LogP contribution in [0.5, 0.6) is 0 Å². The molecule has 2 aliphatic rings. The lowest BCUT2D eigenvalue weighted by atomic mass is 9.95. The van der Waals surface area contributed by atoms with Crippen molar-refractivity contribution in [1.82, 2.24) is 19.7 Å². The topological polar surface area (TPSA) is 43.2 Å². The van der Waals surface area contributed by atoms with Crippen LogP contribution in [0, 0.1) is 0 Å². The summed E-state index contributed by atoms with van der Waals surface area (Å²) in [6, 6.07) is 10.6. The van der Waals surface area contributed by atoms with E-state index >= 15 is 0 Å². The number of thioether (sulfide) groups is 1. The summed E-state index contributed by atoms with van der Waals surface area (Å²) >= 11 is 1.79. The molecule has 4 rings (SSSR count). The van der Waals surface area contributed by atoms with Crippen molar-refractivity contribution in [2.75, 3.05) is 32.0 Å². The molecule has 0 unspecified atom stereocenters. The van der Waals surface area contributed by atoms with Gasteiger partial charge in [0.05, 0.1) is 6.10 Å². The zero-order chi connectivity index (χ0) is 20.1. The van der Waals surface area contributed by atoms with Crippen molar-refractivity contribution in [2.24, 2.45) is 7.05 Å². The first-order chi connectivity index (χ1) is 14.2. The molecule has 0 spiro atoms. The predicted molar refractivity (Wildman–Crippen MR) is 119 cm³/mol. The summed E-state index contributed by atoms with van der Waals surface area (Å²) < 4.78 is 7.94. The lowest BCUT2D eigenvalue weighted by Gasteiger charge is -2.31. The van der Waals surface area contributed by atoms with Crippen LogP contribution in [0.15, 0.2) is 41.1 Å². The summed E-state index contributed by atoms with van der Waals surface area (Å²) in [4.78, 5) is 2.56. The summed E-state index contributed by atoms with van der Waals surface area (Å²) in [5.41, 5.74) is 2.70. The van der Waals surface area contributed by atoms with Crippen LogP contribution in [0.3, 0.4) is 0 Å². The first kappa shape index (κ1) is 20.6. The Balaban J connectivity index is 1.27. The molecule has 0 N–H and O–H groups in total. The number of rotatable bonds is 7. The highest BCUT2D eigenvalue weighted by Crippen LogP contribution is 2.30. The van der Waals surface area contributed by atoms with Gasteiger partial charge in [-0.05, 0) is 51.3 Å². The molecular weight excluding hydrogens is 380 g/mol. The fourth-order valence-electron chi connectivity index (χ4n) is 4.33. The Hall–Kier alpha value is -1.63. The molecule has 0 bridgehead atoms. The van der Waals surface area contributed by atoms with E-state index in [4.69, 9.17) is 4.74 Å². The van der Waals surface area contributed by atoms with E-state index in [2.05, 4.69) is 70.0 Å². The number of benzene rings is 1. The van der Waals surface area contributed by atoms with Crippen LogP contribution in [0.1, 0.15) is 49.9 Å². The van der Waals surface area contributed by atoms with E-state index in [0.29, 0.717) is 12.0 Å². The summed E-state index contributed by atoms with van der Waals surface area (Å²) in [5, 5.41) is 10.0. The zero-order valence-electron chi connectivity index (χ0n) is 17.6. The molecule has 2 aromatic rings. The molecule has 2 saturated heterocycles. The van der Waals surface area contributed by atoms with Gasteiger partial charge in [-0.15, -0.1) is 10.2 Å². The SMILES string of the molecule is C/C(=C\c1ccccc1)CN1CCC(c2nnc(SC[C@@H]3CCCO3)n2C)CC1. The highest BCUT2D eigenvalue weighted by Gasteiger charge is 2.26. The first-order valence-corrected chi connectivity index (χ1v) is 11.8. The maximum atomic E-state index is 5.73. The highest BCUT2D eigenvalue weighted by molar-refractivity contribution is 7.99. The average Bonchev–Trinajstić information content (AvgIpc) is 3.37. The number of likely N-dealkylation sites (tertiary alicyclic amines) is 1. The molecule has 0 saturated carbocycles. The van der Waals surface area contributed by atoms with Gasteiger partial charge in [0.1, 0.15) is 5.82 Å². The second-order valence-corrected chi connectivity index (χ2v) is 9.28. The number of piperidine rings is 1. The van der Waals surface area contributed by atoms with E-state index in [-0.39, 0.29) is 0 Å². The minimum Gasteiger partial charge on any atom is -0.377 e. The van der Waals surface area contributed by atoms with Gasteiger partial charge < -0.3 is 9.30 Å². The molecule has 0 radical (unpaired) electrons. The third-order valence-electron chi connectivity index (χ3n) is 5.93. The molecule has 0 aliphatic carbocycles. The predicted octanol–water partition coefficient (Wildman–Crippen LogP) is 4.37. The first-order valence-electron chi connectivity index (χ1n) is 10.8. The number of ether oxygens (including phenoxy) is 1. The van der Waals surface area contributed by atoms with E-state index in [9.17, 15) is 0 Å². The van der Waals surface area contributed by atoms with Crippen LogP contribution in [0.2, 0.25) is 0 Å². The Labute approximate surface area is 178 Å². The summed E-state index contributed by atoms with van der Waals surface area (Å²) in [6.45, 7) is 6.43. The van der Waals surface area contributed by atoms with E-state index < -0.39 is 0 Å². The van der Waals surface area contributed by atoms with Crippen molar-refractivity contribution >= 4 is 17.8 Å². The van der Waals surface area contributed by atoms with Crippen LogP contribution >= 0.6 is 11.8 Å². The molecule has 2 aliphatic heterocycles. The molecule has 1 atom stereocenters. The smallest absolute Gasteiger partial charge is 0.191 e. The van der Waals surface area contributed by atoms with Gasteiger partial charge >= 0.3 is 0 Å². The third-order valence-corrected chi connectivity index (χ3v) is 7.08. The van der Waals surface area contributed by atoms with Crippen molar-refractivity contribution in [3.63, 3.8) is 0 Å². The van der Waals surface area contributed by atoms with Gasteiger partial charge in [0.2, 0.25) is 0 Å². The number of nitrogens with zero attached hydrogens (tertiary/aromatic N) is 4. The fourth-order valence-corrected chi connectivity index (χ4v) is 5.32. The molecular formula is C23H32N4OS. The molecule has 1 aromatic carbocycles. The van der Waals surface area contributed by atoms with Gasteiger partial charge in [-0.25, -0.2) is 0 Å². The normalized spacial score (nSPS) is 21.7. The minimum absolute atomic E-state index is 0.385. The second-order valence-electron chi connectivity index (χ2n) is 8.30. The maximum absolute atomic E-state index is 5.73. The van der Waals surface area contributed by atoms with Gasteiger partial charge in [-0.1, -0.05) is 53.7 Å². The van der Waals surface area contributed by atoms with Gasteiger partial charge in [-0.2, -0.15) is 0 Å². The van der Waals surface area contributed by atoms with E-state index in [1.54, 1.807) is 11.8 Å². The third kappa shape index (κ3) is 5.50. The number of aromatic nitrogens is 3. The van der Waals surface area contributed by atoms with Crippen molar-refractivity contribution in [2.45, 2.75) is 49.8 Å². The molecule has 1 aromatic heterocycles. The molecule has 2 fully saturated rings. The molecule has 5 nitrogen and oxygen atoms in total. The second kappa shape index (κ2) is 9.92. The Bertz CT molecular complexity index is 806. The van der Waals surface area contributed by atoms with Crippen LogP contribution in [-0.2, 0) is 11.8 Å². The minimum atomic E-state index is 0.385. The van der Waals surface area contributed by atoms with E-state index in [0.717, 1.165) is 55.8 Å². The van der Waals surface area contributed by atoms with Crippen molar-refractivity contribution in [3.8, 4) is 0 Å². The number of hydrogen-bond acceptors (Lipinski definition) is 5. The van der Waals surface area contributed by atoms with Crippen LogP contribution in [0.4, 0.5) is 0 Å². The fraction of sp³-hybridized carbons (Fsp3) is 0.565. The summed E-state index contributed by atoms with van der Waals surface area (Å²) in [5.74, 6) is 2.65. The van der Waals surface area contributed by atoms with Gasteiger partial charge in [0, 0.05) is 31.9 Å². The molecule has 156 valence electrons. The zero-order valence-corrected chi connectivity index (χ0v) is 18.4. The van der Waals surface area contributed by atoms with Gasteiger partial charge in [0.25, 0.3) is 0 Å². The van der Waals surface area contributed by atoms with E-state index in [1.807, 2.05) is 0 Å². The van der Waals surface area contributed by atoms with Crippen molar-refractivity contribution < 1.29 is 4.74 Å². The van der Waals surface area contributed by atoms with Crippen LogP contribution in [-0.4, -0.2) is 57.8 Å². The van der Waals surface area contributed by atoms with Crippen LogP contribution < -0.4 is 0 Å². The largest absolute Gasteiger partial charge is 0.377 e. The standard InChI is InChI=1S/C23H32N4OS/c1-18(15-19-7-4-3-5-8-19)16-27-12-10-20(11-13-27)22-24-25-23(26(22)2)29-17-21-9-6-14-28-21/h3-5,7-8,15,20-21H,6,9-14,16-17H2,1-2H3/b18-15+/t21-/m0/s1.